The third kappa shape index (κ3) is 5.69. The van der Waals surface area contributed by atoms with Crippen LogP contribution in [0.25, 0.3) is 0 Å². The highest BCUT2D eigenvalue weighted by Crippen LogP contribution is 2.19. The molecule has 0 aliphatic heterocycles. The molecule has 3 heteroatoms. The molecule has 2 N–H and O–H groups in total. The second-order valence-corrected chi connectivity index (χ2v) is 16.8. The van der Waals surface area contributed by atoms with E-state index in [1.54, 1.807) is 0 Å². The van der Waals surface area contributed by atoms with Crippen molar-refractivity contribution in [3.8, 4) is 22.9 Å². The van der Waals surface area contributed by atoms with Crippen LogP contribution in [0.2, 0.25) is 39.3 Å². The summed E-state index contributed by atoms with van der Waals surface area (Å²) in [5, 5.41) is 0. The molecule has 0 unspecified atom stereocenters. The summed E-state index contributed by atoms with van der Waals surface area (Å²) in [4.78, 5) is 0. The maximum atomic E-state index is 6.24. The van der Waals surface area contributed by atoms with E-state index < -0.39 is 16.1 Å². The van der Waals surface area contributed by atoms with Crippen molar-refractivity contribution in [3.63, 3.8) is 0 Å². The summed E-state index contributed by atoms with van der Waals surface area (Å²) in [5.41, 5.74) is 16.7. The second kappa shape index (κ2) is 5.91. The first-order valence-electron chi connectivity index (χ1n) is 6.94. The molecule has 0 radical (unpaired) electrons. The fraction of sp³-hybridized carbons (Fsp3) is 0.412. The van der Waals surface area contributed by atoms with Crippen LogP contribution < -0.4 is 5.73 Å². The molecule has 0 aliphatic rings. The van der Waals surface area contributed by atoms with E-state index >= 15 is 0 Å². The zero-order valence-corrected chi connectivity index (χ0v) is 15.7. The molecule has 0 saturated heterocycles. The van der Waals surface area contributed by atoms with Crippen molar-refractivity contribution in [2.45, 2.75) is 46.2 Å². The van der Waals surface area contributed by atoms with Crippen LogP contribution in [0, 0.1) is 29.9 Å². The van der Waals surface area contributed by atoms with Gasteiger partial charge in [-0.15, -0.1) is 11.1 Å². The Bertz CT molecular complexity index is 570. The van der Waals surface area contributed by atoms with Crippen molar-refractivity contribution in [1.82, 2.24) is 0 Å². The number of rotatable bonds is 0. The van der Waals surface area contributed by atoms with Crippen LogP contribution in [0.5, 0.6) is 0 Å². The molecule has 0 spiro atoms. The van der Waals surface area contributed by atoms with Crippen LogP contribution in [0.15, 0.2) is 12.1 Å². The summed E-state index contributed by atoms with van der Waals surface area (Å²) >= 11 is 0. The summed E-state index contributed by atoms with van der Waals surface area (Å²) in [7, 11) is -2.78. The summed E-state index contributed by atoms with van der Waals surface area (Å²) in [6.45, 7) is 15.5. The Balaban J connectivity index is 3.32. The summed E-state index contributed by atoms with van der Waals surface area (Å²) < 4.78 is 0. The number of hydrogen-bond acceptors (Lipinski definition) is 1. The quantitative estimate of drug-likeness (QED) is 0.437. The molecule has 106 valence electrons. The van der Waals surface area contributed by atoms with Crippen LogP contribution in [-0.2, 0) is 0 Å². The van der Waals surface area contributed by atoms with E-state index in [0.717, 1.165) is 16.8 Å². The van der Waals surface area contributed by atoms with Gasteiger partial charge < -0.3 is 5.73 Å². The lowest BCUT2D eigenvalue weighted by Gasteiger charge is -2.08. The lowest BCUT2D eigenvalue weighted by Crippen LogP contribution is -2.16. The maximum absolute atomic E-state index is 6.24. The molecule has 0 bridgehead atoms. The highest BCUT2D eigenvalue weighted by atomic mass is 28.3. The SMILES string of the molecule is Cc1cc(C#C[Si](C)(C)C)c(N)c(C#C[Si](C)(C)C)c1. The average molecular weight is 300 g/mol. The standard InChI is InChI=1S/C17H25NSi2/c1-14-12-15(8-10-19(2,3)4)17(18)16(13-14)9-11-20(5,6)7/h12-13H,18H2,1-7H3. The van der Waals surface area contributed by atoms with Gasteiger partial charge in [0.15, 0.2) is 0 Å². The molecule has 0 atom stereocenters. The molecule has 0 saturated carbocycles. The van der Waals surface area contributed by atoms with Crippen LogP contribution in [-0.4, -0.2) is 16.1 Å². The first-order chi connectivity index (χ1) is 8.98. The smallest absolute Gasteiger partial charge is 0.129 e. The van der Waals surface area contributed by atoms with Gasteiger partial charge in [0.2, 0.25) is 0 Å². The molecular weight excluding hydrogens is 274 g/mol. The van der Waals surface area contributed by atoms with Crippen molar-refractivity contribution < 1.29 is 0 Å². The molecule has 1 aromatic rings. The third-order valence-corrected chi connectivity index (χ3v) is 4.22. The number of nitrogen functional groups attached to an aromatic ring is 1. The zero-order valence-electron chi connectivity index (χ0n) is 13.7. The molecule has 1 aromatic carbocycles. The number of nitrogens with two attached hydrogens (primary N) is 1. The van der Waals surface area contributed by atoms with E-state index in [-0.39, 0.29) is 0 Å². The first kappa shape index (κ1) is 16.6. The monoisotopic (exact) mass is 299 g/mol. The minimum atomic E-state index is -1.39. The number of benzene rings is 1. The van der Waals surface area contributed by atoms with Gasteiger partial charge in [0.1, 0.15) is 16.1 Å². The Morgan fingerprint density at radius 2 is 1.15 bits per heavy atom. The van der Waals surface area contributed by atoms with Gasteiger partial charge in [-0.2, -0.15) is 0 Å². The summed E-state index contributed by atoms with van der Waals surface area (Å²) in [6, 6.07) is 4.12. The number of anilines is 1. The van der Waals surface area contributed by atoms with Crippen LogP contribution in [0.4, 0.5) is 5.69 Å². The largest absolute Gasteiger partial charge is 0.397 e. The van der Waals surface area contributed by atoms with Gasteiger partial charge in [-0.05, 0) is 24.6 Å². The average Bonchev–Trinajstić information content (AvgIpc) is 2.25. The van der Waals surface area contributed by atoms with Gasteiger partial charge >= 0.3 is 0 Å². The van der Waals surface area contributed by atoms with Crippen molar-refractivity contribution in [2.24, 2.45) is 0 Å². The van der Waals surface area contributed by atoms with E-state index in [1.165, 1.54) is 5.56 Å². The molecule has 0 aliphatic carbocycles. The molecule has 20 heavy (non-hydrogen) atoms. The maximum Gasteiger partial charge on any atom is 0.129 e. The summed E-state index contributed by atoms with van der Waals surface area (Å²) in [6.07, 6.45) is 0. The zero-order chi connectivity index (χ0) is 15.6. The van der Waals surface area contributed by atoms with E-state index in [9.17, 15) is 0 Å². The van der Waals surface area contributed by atoms with E-state index in [2.05, 4.69) is 81.3 Å². The van der Waals surface area contributed by atoms with Crippen LogP contribution in [0.1, 0.15) is 16.7 Å². The number of hydrogen-bond donors (Lipinski definition) is 1. The molecule has 0 amide bonds. The Morgan fingerprint density at radius 3 is 1.45 bits per heavy atom. The molecule has 0 aromatic heterocycles. The third-order valence-electron chi connectivity index (χ3n) is 2.47. The first-order valence-corrected chi connectivity index (χ1v) is 13.9. The van der Waals surface area contributed by atoms with Crippen molar-refractivity contribution in [1.29, 1.82) is 0 Å². The second-order valence-electron chi connectivity index (χ2n) is 7.27. The van der Waals surface area contributed by atoms with Gasteiger partial charge in [-0.3, -0.25) is 0 Å². The van der Waals surface area contributed by atoms with Crippen molar-refractivity contribution in [2.75, 3.05) is 5.73 Å². The van der Waals surface area contributed by atoms with Gasteiger partial charge in [-0.1, -0.05) is 51.1 Å². The topological polar surface area (TPSA) is 26.0 Å². The highest BCUT2D eigenvalue weighted by molar-refractivity contribution is 6.84. The van der Waals surface area contributed by atoms with Crippen molar-refractivity contribution in [3.05, 3.63) is 28.8 Å². The van der Waals surface area contributed by atoms with E-state index in [1.807, 2.05) is 0 Å². The predicted octanol–water partition coefficient (Wildman–Crippen LogP) is 4.04. The molecule has 1 nitrogen and oxygen atoms in total. The minimum Gasteiger partial charge on any atom is -0.397 e. The van der Waals surface area contributed by atoms with E-state index in [4.69, 9.17) is 5.73 Å². The van der Waals surface area contributed by atoms with E-state index in [0.29, 0.717) is 0 Å². The molecule has 0 fully saturated rings. The Kier molecular flexibility index (Phi) is 4.92. The number of aryl methyl sites for hydroxylation is 1. The molecule has 1 rings (SSSR count). The Hall–Kier alpha value is -1.43. The lowest BCUT2D eigenvalue weighted by molar-refractivity contribution is 1.44. The van der Waals surface area contributed by atoms with Crippen molar-refractivity contribution >= 4 is 21.8 Å². The van der Waals surface area contributed by atoms with Crippen LogP contribution >= 0.6 is 0 Å². The Morgan fingerprint density at radius 1 is 0.800 bits per heavy atom. The normalized spacial score (nSPS) is 11.2. The Labute approximate surface area is 126 Å². The fourth-order valence-electron chi connectivity index (χ4n) is 1.51. The molecule has 0 heterocycles. The van der Waals surface area contributed by atoms with Crippen LogP contribution in [0.3, 0.4) is 0 Å². The highest BCUT2D eigenvalue weighted by Gasteiger charge is 2.10. The van der Waals surface area contributed by atoms with Gasteiger partial charge in [0, 0.05) is 11.1 Å². The van der Waals surface area contributed by atoms with Gasteiger partial charge in [-0.25, -0.2) is 0 Å². The van der Waals surface area contributed by atoms with Gasteiger partial charge in [0.05, 0.1) is 5.69 Å². The summed E-state index contributed by atoms with van der Waals surface area (Å²) in [5.74, 6) is 6.52. The fourth-order valence-corrected chi connectivity index (χ4v) is 2.53. The van der Waals surface area contributed by atoms with Gasteiger partial charge in [0.25, 0.3) is 0 Å². The molecular formula is C17H25NSi2. The predicted molar refractivity (Wildman–Crippen MR) is 96.0 cm³/mol. The lowest BCUT2D eigenvalue weighted by atomic mass is 10.0. The minimum absolute atomic E-state index is 0.729.